The summed E-state index contributed by atoms with van der Waals surface area (Å²) in [5, 5.41) is 6.12. The molecule has 0 aromatic carbocycles. The van der Waals surface area contributed by atoms with Gasteiger partial charge in [0.25, 0.3) is 0 Å². The molecule has 1 saturated carbocycles. The highest BCUT2D eigenvalue weighted by Gasteiger charge is 2.20. The number of hydrogen-bond donors (Lipinski definition) is 2. The second kappa shape index (κ2) is 9.34. The summed E-state index contributed by atoms with van der Waals surface area (Å²) in [6.07, 6.45) is 5.81. The minimum Gasteiger partial charge on any atom is -0.381 e. The van der Waals surface area contributed by atoms with Crippen LogP contribution < -0.4 is 10.6 Å². The molecule has 1 atom stereocenters. The molecule has 0 heterocycles. The van der Waals surface area contributed by atoms with E-state index in [2.05, 4.69) is 17.6 Å². The fourth-order valence-corrected chi connectivity index (χ4v) is 1.87. The van der Waals surface area contributed by atoms with Gasteiger partial charge in [0.1, 0.15) is 0 Å². The highest BCUT2D eigenvalue weighted by molar-refractivity contribution is 5.78. The fourth-order valence-electron chi connectivity index (χ4n) is 1.87. The first-order chi connectivity index (χ1) is 8.72. The normalized spacial score (nSPS) is 16.6. The highest BCUT2D eigenvalue weighted by Crippen LogP contribution is 2.28. The van der Waals surface area contributed by atoms with Crippen LogP contribution in [-0.4, -0.2) is 38.3 Å². The second-order valence-corrected chi connectivity index (χ2v) is 5.31. The lowest BCUT2D eigenvalue weighted by atomic mass is 10.2. The Balaban J connectivity index is 1.82. The van der Waals surface area contributed by atoms with Gasteiger partial charge in [-0.3, -0.25) is 4.79 Å². The van der Waals surface area contributed by atoms with E-state index in [0.29, 0.717) is 6.54 Å². The van der Waals surface area contributed by atoms with Crippen molar-refractivity contribution in [2.75, 3.05) is 26.3 Å². The van der Waals surface area contributed by atoms with E-state index in [0.717, 1.165) is 44.9 Å². The van der Waals surface area contributed by atoms with Gasteiger partial charge in [-0.25, -0.2) is 0 Å². The molecule has 18 heavy (non-hydrogen) atoms. The molecule has 106 valence electrons. The zero-order valence-electron chi connectivity index (χ0n) is 11.8. The number of carbonyl (C=O) groups is 1. The molecule has 2 N–H and O–H groups in total. The molecule has 0 saturated heterocycles. The summed E-state index contributed by atoms with van der Waals surface area (Å²) >= 11 is 0. The predicted molar refractivity (Wildman–Crippen MR) is 73.5 cm³/mol. The zero-order valence-corrected chi connectivity index (χ0v) is 11.8. The van der Waals surface area contributed by atoms with Gasteiger partial charge in [0, 0.05) is 19.3 Å². The standard InChI is InChI=1S/C14H28N2O2/c1-3-5-12(2)16-14(17)10-15-8-4-9-18-11-13-6-7-13/h12-13,15H,3-11H2,1-2H3,(H,16,17). The fraction of sp³-hybridized carbons (Fsp3) is 0.929. The molecule has 1 unspecified atom stereocenters. The van der Waals surface area contributed by atoms with Crippen LogP contribution in [0.5, 0.6) is 0 Å². The monoisotopic (exact) mass is 256 g/mol. The van der Waals surface area contributed by atoms with Crippen LogP contribution in [0.3, 0.4) is 0 Å². The van der Waals surface area contributed by atoms with Gasteiger partial charge in [0.2, 0.25) is 5.91 Å². The van der Waals surface area contributed by atoms with Crippen LogP contribution in [0.1, 0.15) is 46.0 Å². The molecule has 0 bridgehead atoms. The van der Waals surface area contributed by atoms with Crippen LogP contribution in [-0.2, 0) is 9.53 Å². The van der Waals surface area contributed by atoms with E-state index in [-0.39, 0.29) is 11.9 Å². The third kappa shape index (κ3) is 8.48. The first-order valence-corrected chi connectivity index (χ1v) is 7.30. The van der Waals surface area contributed by atoms with Gasteiger partial charge in [-0.05, 0) is 45.1 Å². The molecular formula is C14H28N2O2. The molecule has 0 aromatic heterocycles. The van der Waals surface area contributed by atoms with E-state index in [1.807, 2.05) is 6.92 Å². The SMILES string of the molecule is CCCC(C)NC(=O)CNCCCOCC1CC1. The van der Waals surface area contributed by atoms with Gasteiger partial charge >= 0.3 is 0 Å². The van der Waals surface area contributed by atoms with Crippen molar-refractivity contribution in [1.82, 2.24) is 10.6 Å². The molecule has 1 aliphatic carbocycles. The molecule has 1 amide bonds. The van der Waals surface area contributed by atoms with Crippen molar-refractivity contribution in [2.45, 2.75) is 52.0 Å². The van der Waals surface area contributed by atoms with Crippen LogP contribution >= 0.6 is 0 Å². The summed E-state index contributed by atoms with van der Waals surface area (Å²) in [4.78, 5) is 11.5. The van der Waals surface area contributed by atoms with Crippen molar-refractivity contribution in [3.63, 3.8) is 0 Å². The maximum Gasteiger partial charge on any atom is 0.234 e. The van der Waals surface area contributed by atoms with Crippen molar-refractivity contribution in [3.8, 4) is 0 Å². The number of hydrogen-bond acceptors (Lipinski definition) is 3. The van der Waals surface area contributed by atoms with Crippen molar-refractivity contribution in [3.05, 3.63) is 0 Å². The van der Waals surface area contributed by atoms with E-state index in [9.17, 15) is 4.79 Å². The molecule has 0 radical (unpaired) electrons. The summed E-state index contributed by atoms with van der Waals surface area (Å²) in [7, 11) is 0. The average Bonchev–Trinajstić information content (AvgIpc) is 3.12. The Kier molecular flexibility index (Phi) is 8.01. The quantitative estimate of drug-likeness (QED) is 0.553. The smallest absolute Gasteiger partial charge is 0.234 e. The first kappa shape index (κ1) is 15.4. The summed E-state index contributed by atoms with van der Waals surface area (Å²) < 4.78 is 5.52. The summed E-state index contributed by atoms with van der Waals surface area (Å²) in [5.74, 6) is 0.929. The minimum atomic E-state index is 0.0925. The number of amides is 1. The van der Waals surface area contributed by atoms with Crippen molar-refractivity contribution >= 4 is 5.91 Å². The topological polar surface area (TPSA) is 50.4 Å². The average molecular weight is 256 g/mol. The molecule has 1 rings (SSSR count). The van der Waals surface area contributed by atoms with Crippen molar-refractivity contribution in [1.29, 1.82) is 0 Å². The highest BCUT2D eigenvalue weighted by atomic mass is 16.5. The lowest BCUT2D eigenvalue weighted by molar-refractivity contribution is -0.120. The molecule has 0 aromatic rings. The van der Waals surface area contributed by atoms with Gasteiger partial charge in [0.05, 0.1) is 6.54 Å². The molecule has 4 nitrogen and oxygen atoms in total. The Morgan fingerprint density at radius 2 is 2.22 bits per heavy atom. The zero-order chi connectivity index (χ0) is 13.2. The maximum atomic E-state index is 11.5. The van der Waals surface area contributed by atoms with Crippen LogP contribution in [0, 0.1) is 5.92 Å². The molecule has 0 aliphatic heterocycles. The third-order valence-electron chi connectivity index (χ3n) is 3.11. The lowest BCUT2D eigenvalue weighted by Gasteiger charge is -2.13. The Labute approximate surface area is 111 Å². The lowest BCUT2D eigenvalue weighted by Crippen LogP contribution is -2.39. The van der Waals surface area contributed by atoms with E-state index in [1.165, 1.54) is 12.8 Å². The number of ether oxygens (including phenoxy) is 1. The van der Waals surface area contributed by atoms with Crippen LogP contribution in [0.25, 0.3) is 0 Å². The van der Waals surface area contributed by atoms with E-state index >= 15 is 0 Å². The third-order valence-corrected chi connectivity index (χ3v) is 3.11. The van der Waals surface area contributed by atoms with Crippen LogP contribution in [0.2, 0.25) is 0 Å². The number of rotatable bonds is 11. The summed E-state index contributed by atoms with van der Waals surface area (Å²) in [6, 6.07) is 0.283. The van der Waals surface area contributed by atoms with E-state index in [4.69, 9.17) is 4.74 Å². The number of nitrogens with one attached hydrogen (secondary N) is 2. The van der Waals surface area contributed by atoms with Gasteiger partial charge in [-0.1, -0.05) is 13.3 Å². The molecule has 0 spiro atoms. The maximum absolute atomic E-state index is 11.5. The first-order valence-electron chi connectivity index (χ1n) is 7.30. The Morgan fingerprint density at radius 1 is 1.44 bits per heavy atom. The van der Waals surface area contributed by atoms with Crippen LogP contribution in [0.15, 0.2) is 0 Å². The van der Waals surface area contributed by atoms with Crippen LogP contribution in [0.4, 0.5) is 0 Å². The Hall–Kier alpha value is -0.610. The minimum absolute atomic E-state index is 0.0925. The van der Waals surface area contributed by atoms with Gasteiger partial charge < -0.3 is 15.4 Å². The molecular weight excluding hydrogens is 228 g/mol. The van der Waals surface area contributed by atoms with Gasteiger partial charge in [-0.2, -0.15) is 0 Å². The second-order valence-electron chi connectivity index (χ2n) is 5.31. The Bertz CT molecular complexity index is 230. The molecule has 1 fully saturated rings. The number of carbonyl (C=O) groups excluding carboxylic acids is 1. The van der Waals surface area contributed by atoms with Gasteiger partial charge in [-0.15, -0.1) is 0 Å². The summed E-state index contributed by atoms with van der Waals surface area (Å²) in [6.45, 7) is 7.17. The van der Waals surface area contributed by atoms with E-state index in [1.54, 1.807) is 0 Å². The summed E-state index contributed by atoms with van der Waals surface area (Å²) in [5.41, 5.74) is 0. The molecule has 4 heteroatoms. The van der Waals surface area contributed by atoms with Crippen molar-refractivity contribution in [2.24, 2.45) is 5.92 Å². The van der Waals surface area contributed by atoms with Gasteiger partial charge in [0.15, 0.2) is 0 Å². The predicted octanol–water partition coefficient (Wildman–Crippen LogP) is 1.70. The largest absolute Gasteiger partial charge is 0.381 e. The molecule has 1 aliphatic rings. The van der Waals surface area contributed by atoms with E-state index < -0.39 is 0 Å². The van der Waals surface area contributed by atoms with Crippen molar-refractivity contribution < 1.29 is 9.53 Å². The Morgan fingerprint density at radius 3 is 2.89 bits per heavy atom.